The summed E-state index contributed by atoms with van der Waals surface area (Å²) in [5.41, 5.74) is 0.413. The van der Waals surface area contributed by atoms with E-state index in [9.17, 15) is 9.90 Å². The standard InChI is InChI=1S/C23H33N5O4S/c1-25-13-14-26-22(27-28-24)33-20-19(29)15-23(32-21(20)30,17-5-3-4-6-17)12-11-16-7-9-18(31-2)10-8-16/h7-10,17,25,29H,3-6,11-15H2,1-2H3,(H2,24,26,27). The number of aryl methyl sites for hydroxylation is 1. The van der Waals surface area contributed by atoms with E-state index in [1.54, 1.807) is 7.11 Å². The van der Waals surface area contributed by atoms with Crippen LogP contribution in [0.1, 0.15) is 44.1 Å². The zero-order valence-electron chi connectivity index (χ0n) is 19.2. The Kier molecular flexibility index (Phi) is 9.13. The van der Waals surface area contributed by atoms with E-state index in [0.717, 1.165) is 55.2 Å². The number of thioether (sulfide) groups is 1. The van der Waals surface area contributed by atoms with Crippen molar-refractivity contribution >= 4 is 22.9 Å². The van der Waals surface area contributed by atoms with Crippen LogP contribution in [-0.4, -0.2) is 49.1 Å². The van der Waals surface area contributed by atoms with Crippen LogP contribution in [-0.2, 0) is 16.0 Å². The number of nitrogens with one attached hydrogen (secondary N) is 1. The number of carbonyl (C=O) groups is 1. The van der Waals surface area contributed by atoms with Gasteiger partial charge >= 0.3 is 5.97 Å². The minimum atomic E-state index is -0.722. The Bertz CT molecular complexity index is 897. The molecule has 4 N–H and O–H groups in total. The fourth-order valence-corrected chi connectivity index (χ4v) is 5.25. The van der Waals surface area contributed by atoms with Crippen LogP contribution in [0, 0.1) is 5.92 Å². The number of methoxy groups -OCH3 is 1. The maximum absolute atomic E-state index is 13.1. The van der Waals surface area contributed by atoms with Gasteiger partial charge in [-0.05, 0) is 68.1 Å². The van der Waals surface area contributed by atoms with Crippen molar-refractivity contribution in [2.75, 3.05) is 27.2 Å². The molecule has 1 aliphatic carbocycles. The number of hydrogen-bond acceptors (Lipinski definition) is 8. The molecule has 2 aliphatic rings. The summed E-state index contributed by atoms with van der Waals surface area (Å²) < 4.78 is 11.4. The molecule has 1 fully saturated rings. The molecular formula is C23H33N5O4S. The molecule has 1 aromatic rings. The van der Waals surface area contributed by atoms with Gasteiger partial charge in [-0.1, -0.05) is 30.2 Å². The summed E-state index contributed by atoms with van der Waals surface area (Å²) in [6.45, 7) is 1.07. The van der Waals surface area contributed by atoms with Crippen molar-refractivity contribution in [1.29, 1.82) is 0 Å². The fraction of sp³-hybridized carbons (Fsp3) is 0.565. The smallest absolute Gasteiger partial charge is 0.349 e. The number of aliphatic hydroxyl groups is 1. The number of esters is 1. The highest BCUT2D eigenvalue weighted by Gasteiger charge is 2.48. The highest BCUT2D eigenvalue weighted by molar-refractivity contribution is 8.17. The van der Waals surface area contributed by atoms with E-state index in [2.05, 4.69) is 20.6 Å². The Hall–Kier alpha value is -2.59. The molecule has 1 atom stereocenters. The number of nitrogens with zero attached hydrogens (tertiary/aromatic N) is 3. The molecule has 33 heavy (non-hydrogen) atoms. The maximum Gasteiger partial charge on any atom is 0.349 e. The van der Waals surface area contributed by atoms with Gasteiger partial charge in [-0.25, -0.2) is 4.79 Å². The molecule has 1 unspecified atom stereocenters. The van der Waals surface area contributed by atoms with Crippen molar-refractivity contribution in [3.05, 3.63) is 40.5 Å². The van der Waals surface area contributed by atoms with Gasteiger partial charge < -0.3 is 25.7 Å². The number of aliphatic imine (C=N–C) groups is 1. The van der Waals surface area contributed by atoms with E-state index in [1.165, 1.54) is 0 Å². The molecular weight excluding hydrogens is 442 g/mol. The van der Waals surface area contributed by atoms with Gasteiger partial charge in [0.2, 0.25) is 5.17 Å². The molecule has 0 amide bonds. The minimum Gasteiger partial charge on any atom is -0.511 e. The average Bonchev–Trinajstić information content (AvgIpc) is 3.36. The van der Waals surface area contributed by atoms with Crippen LogP contribution in [0.15, 0.2) is 50.3 Å². The summed E-state index contributed by atoms with van der Waals surface area (Å²) in [6, 6.07) is 7.90. The Balaban J connectivity index is 1.80. The molecule has 1 aromatic carbocycles. The third-order valence-corrected chi connectivity index (χ3v) is 7.25. The molecule has 180 valence electrons. The number of ether oxygens (including phenoxy) is 2. The van der Waals surface area contributed by atoms with Crippen LogP contribution in [0.25, 0.3) is 0 Å². The molecule has 1 aliphatic heterocycles. The van der Waals surface area contributed by atoms with Crippen LogP contribution < -0.4 is 15.9 Å². The van der Waals surface area contributed by atoms with Gasteiger partial charge in [0.1, 0.15) is 22.0 Å². The second-order valence-electron chi connectivity index (χ2n) is 8.32. The highest BCUT2D eigenvalue weighted by atomic mass is 32.2. The van der Waals surface area contributed by atoms with Crippen molar-refractivity contribution < 1.29 is 19.4 Å². The van der Waals surface area contributed by atoms with Gasteiger partial charge in [-0.2, -0.15) is 0 Å². The normalized spacial score (nSPS) is 22.2. The predicted molar refractivity (Wildman–Crippen MR) is 129 cm³/mol. The number of rotatable bonds is 9. The summed E-state index contributed by atoms with van der Waals surface area (Å²) in [5.74, 6) is 5.70. The van der Waals surface area contributed by atoms with Gasteiger partial charge in [0.05, 0.1) is 13.7 Å². The highest BCUT2D eigenvalue weighted by Crippen LogP contribution is 2.47. The Morgan fingerprint density at radius 3 is 2.67 bits per heavy atom. The van der Waals surface area contributed by atoms with Crippen molar-refractivity contribution in [3.8, 4) is 5.75 Å². The summed E-state index contributed by atoms with van der Waals surface area (Å²) >= 11 is 0.942. The van der Waals surface area contributed by atoms with E-state index in [-0.39, 0.29) is 28.2 Å². The van der Waals surface area contributed by atoms with Crippen LogP contribution in [0.3, 0.4) is 0 Å². The molecule has 3 rings (SSSR count). The molecule has 0 spiro atoms. The van der Waals surface area contributed by atoms with Gasteiger partial charge in [-0.15, -0.1) is 5.11 Å². The van der Waals surface area contributed by atoms with E-state index < -0.39 is 11.6 Å². The Labute approximate surface area is 198 Å². The van der Waals surface area contributed by atoms with Crippen molar-refractivity contribution in [1.82, 2.24) is 5.32 Å². The topological polar surface area (TPSA) is 131 Å². The van der Waals surface area contributed by atoms with Gasteiger partial charge in [-0.3, -0.25) is 4.99 Å². The monoisotopic (exact) mass is 475 g/mol. The van der Waals surface area contributed by atoms with E-state index in [0.29, 0.717) is 19.5 Å². The van der Waals surface area contributed by atoms with Gasteiger partial charge in [0.25, 0.3) is 0 Å². The quantitative estimate of drug-likeness (QED) is 0.0938. The van der Waals surface area contributed by atoms with E-state index in [4.69, 9.17) is 15.3 Å². The maximum atomic E-state index is 13.1. The van der Waals surface area contributed by atoms with E-state index in [1.807, 2.05) is 31.3 Å². The summed E-state index contributed by atoms with van der Waals surface area (Å²) in [7, 11) is 3.45. The van der Waals surface area contributed by atoms with Crippen molar-refractivity contribution in [2.24, 2.45) is 27.1 Å². The van der Waals surface area contributed by atoms with Crippen LogP contribution in [0.5, 0.6) is 5.75 Å². The zero-order chi connectivity index (χ0) is 23.7. The third-order valence-electron chi connectivity index (χ3n) is 6.25. The molecule has 1 heterocycles. The predicted octanol–water partition coefficient (Wildman–Crippen LogP) is 3.91. The number of amidine groups is 1. The lowest BCUT2D eigenvalue weighted by Gasteiger charge is -2.41. The zero-order valence-corrected chi connectivity index (χ0v) is 20.1. The third kappa shape index (κ3) is 6.48. The van der Waals surface area contributed by atoms with E-state index >= 15 is 0 Å². The number of hydrogen-bond donors (Lipinski definition) is 3. The molecule has 0 bridgehead atoms. The lowest BCUT2D eigenvalue weighted by Crippen LogP contribution is -2.46. The average molecular weight is 476 g/mol. The number of cyclic esters (lactones) is 1. The number of carbonyl (C=O) groups excluding carboxylic acids is 1. The van der Waals surface area contributed by atoms with Crippen molar-refractivity contribution in [3.63, 3.8) is 0 Å². The number of benzene rings is 1. The summed E-state index contributed by atoms with van der Waals surface area (Å²) in [6.07, 6.45) is 5.86. The fourth-order valence-electron chi connectivity index (χ4n) is 4.51. The first kappa shape index (κ1) is 25.0. The first-order valence-electron chi connectivity index (χ1n) is 11.3. The Morgan fingerprint density at radius 1 is 1.33 bits per heavy atom. The molecule has 0 radical (unpaired) electrons. The second kappa shape index (κ2) is 12.0. The number of nitrogens with two attached hydrogens (primary N) is 1. The molecule has 1 saturated carbocycles. The molecule has 0 aromatic heterocycles. The molecule has 9 nitrogen and oxygen atoms in total. The second-order valence-corrected chi connectivity index (χ2v) is 9.30. The van der Waals surface area contributed by atoms with Gasteiger partial charge in [0, 0.05) is 13.0 Å². The summed E-state index contributed by atoms with van der Waals surface area (Å²) in [4.78, 5) is 17.5. The first-order valence-corrected chi connectivity index (χ1v) is 12.1. The SMILES string of the molecule is CNCCN=C(N=NN)SC1=C(O)CC(CCc2ccc(OC)cc2)(C2CCCC2)OC1=O. The largest absolute Gasteiger partial charge is 0.511 e. The van der Waals surface area contributed by atoms with Crippen LogP contribution >= 0.6 is 11.8 Å². The van der Waals surface area contributed by atoms with Crippen LogP contribution in [0.4, 0.5) is 0 Å². The first-order chi connectivity index (χ1) is 16.0. The number of aliphatic hydroxyl groups excluding tert-OH is 1. The molecule has 10 heteroatoms. The Morgan fingerprint density at radius 2 is 2.06 bits per heavy atom. The lowest BCUT2D eigenvalue weighted by molar-refractivity contribution is -0.166. The molecule has 0 saturated heterocycles. The van der Waals surface area contributed by atoms with Crippen molar-refractivity contribution in [2.45, 2.75) is 50.5 Å². The lowest BCUT2D eigenvalue weighted by atomic mass is 9.77. The minimum absolute atomic E-state index is 0.0198. The number of likely N-dealkylation sites (N-methyl/N-ethyl adjacent to an activating group) is 1. The van der Waals surface area contributed by atoms with Crippen LogP contribution in [0.2, 0.25) is 0 Å². The summed E-state index contributed by atoms with van der Waals surface area (Å²) in [5, 5.41) is 21.2. The van der Waals surface area contributed by atoms with Gasteiger partial charge in [0.15, 0.2) is 0 Å².